The van der Waals surface area contributed by atoms with E-state index in [2.05, 4.69) is 10.2 Å². The van der Waals surface area contributed by atoms with E-state index in [1.807, 2.05) is 78.6 Å². The summed E-state index contributed by atoms with van der Waals surface area (Å²) < 4.78 is 0. The number of nitrogens with one attached hydrogen (secondary N) is 1. The number of para-hydroxylation sites is 2. The van der Waals surface area contributed by atoms with E-state index in [0.717, 1.165) is 22.0 Å². The second-order valence-corrected chi connectivity index (χ2v) is 8.98. The molecule has 0 radical (unpaired) electrons. The molecule has 5 rings (SSSR count). The van der Waals surface area contributed by atoms with Crippen molar-refractivity contribution in [2.75, 3.05) is 42.9 Å². The SMILES string of the molecule is C[C@H]1CC(=O)Nc2ccccc2N1C(=O)CN1CCN(C(=O)c2cccc3ccccc23)CC1. The van der Waals surface area contributed by atoms with E-state index in [4.69, 9.17) is 0 Å². The van der Waals surface area contributed by atoms with Crippen LogP contribution in [0, 0.1) is 0 Å². The lowest BCUT2D eigenvalue weighted by Crippen LogP contribution is -2.52. The highest BCUT2D eigenvalue weighted by Crippen LogP contribution is 2.31. The van der Waals surface area contributed by atoms with Gasteiger partial charge in [0.15, 0.2) is 0 Å². The van der Waals surface area contributed by atoms with Gasteiger partial charge in [-0.15, -0.1) is 0 Å². The lowest BCUT2D eigenvalue weighted by molar-refractivity contribution is -0.120. The molecule has 2 aliphatic heterocycles. The molecule has 2 heterocycles. The first-order chi connectivity index (χ1) is 16.5. The van der Waals surface area contributed by atoms with Crippen molar-refractivity contribution in [3.63, 3.8) is 0 Å². The summed E-state index contributed by atoms with van der Waals surface area (Å²) in [5, 5.41) is 4.91. The monoisotopic (exact) mass is 456 g/mol. The maximum atomic E-state index is 13.3. The van der Waals surface area contributed by atoms with Crippen molar-refractivity contribution >= 4 is 39.9 Å². The molecular formula is C27H28N4O3. The average Bonchev–Trinajstić information content (AvgIpc) is 2.97. The van der Waals surface area contributed by atoms with Crippen LogP contribution in [-0.2, 0) is 9.59 Å². The van der Waals surface area contributed by atoms with Crippen LogP contribution >= 0.6 is 0 Å². The summed E-state index contributed by atoms with van der Waals surface area (Å²) in [5.41, 5.74) is 2.11. The number of piperazine rings is 1. The Balaban J connectivity index is 1.25. The first-order valence-electron chi connectivity index (χ1n) is 11.7. The van der Waals surface area contributed by atoms with Crippen LogP contribution in [0.25, 0.3) is 10.8 Å². The fraction of sp³-hybridized carbons (Fsp3) is 0.296. The summed E-state index contributed by atoms with van der Waals surface area (Å²) in [6, 6.07) is 20.9. The van der Waals surface area contributed by atoms with E-state index in [9.17, 15) is 14.4 Å². The fourth-order valence-electron chi connectivity index (χ4n) is 4.93. The summed E-state index contributed by atoms with van der Waals surface area (Å²) in [7, 11) is 0. The topological polar surface area (TPSA) is 73.0 Å². The van der Waals surface area contributed by atoms with Gasteiger partial charge in [-0.05, 0) is 35.9 Å². The Morgan fingerprint density at radius 1 is 0.912 bits per heavy atom. The second kappa shape index (κ2) is 9.27. The lowest BCUT2D eigenvalue weighted by Gasteiger charge is -2.36. The van der Waals surface area contributed by atoms with E-state index in [1.165, 1.54) is 0 Å². The largest absolute Gasteiger partial charge is 0.336 e. The molecule has 1 N–H and O–H groups in total. The van der Waals surface area contributed by atoms with Gasteiger partial charge in [0.2, 0.25) is 11.8 Å². The third-order valence-electron chi connectivity index (χ3n) is 6.67. The van der Waals surface area contributed by atoms with E-state index in [0.29, 0.717) is 31.9 Å². The van der Waals surface area contributed by atoms with Crippen molar-refractivity contribution in [3.05, 3.63) is 72.3 Å². The number of benzene rings is 3. The molecule has 0 aromatic heterocycles. The number of rotatable bonds is 3. The number of nitrogens with zero attached hydrogens (tertiary/aromatic N) is 3. The molecule has 0 aliphatic carbocycles. The fourth-order valence-corrected chi connectivity index (χ4v) is 4.93. The van der Waals surface area contributed by atoms with Crippen molar-refractivity contribution in [2.24, 2.45) is 0 Å². The summed E-state index contributed by atoms with van der Waals surface area (Å²) in [4.78, 5) is 44.5. The predicted octanol–water partition coefficient (Wildman–Crippen LogP) is 3.36. The summed E-state index contributed by atoms with van der Waals surface area (Å²) in [5.74, 6) is -0.0940. The van der Waals surface area contributed by atoms with Gasteiger partial charge in [-0.2, -0.15) is 0 Å². The first kappa shape index (κ1) is 22.1. The second-order valence-electron chi connectivity index (χ2n) is 8.98. The summed E-state index contributed by atoms with van der Waals surface area (Å²) in [6.07, 6.45) is 0.258. The van der Waals surface area contributed by atoms with Gasteiger partial charge in [-0.25, -0.2) is 0 Å². The Kier molecular flexibility index (Phi) is 6.02. The zero-order chi connectivity index (χ0) is 23.7. The molecule has 3 amide bonds. The minimum Gasteiger partial charge on any atom is -0.336 e. The van der Waals surface area contributed by atoms with Crippen LogP contribution in [0.5, 0.6) is 0 Å². The predicted molar refractivity (Wildman–Crippen MR) is 133 cm³/mol. The molecule has 1 atom stereocenters. The Morgan fingerprint density at radius 2 is 1.62 bits per heavy atom. The number of carbonyl (C=O) groups is 3. The van der Waals surface area contributed by atoms with Crippen LogP contribution in [-0.4, -0.2) is 66.3 Å². The number of anilines is 2. The van der Waals surface area contributed by atoms with Gasteiger partial charge in [0, 0.05) is 44.2 Å². The Morgan fingerprint density at radius 3 is 2.44 bits per heavy atom. The van der Waals surface area contributed by atoms with Crippen LogP contribution in [0.2, 0.25) is 0 Å². The van der Waals surface area contributed by atoms with Crippen molar-refractivity contribution in [1.29, 1.82) is 0 Å². The minimum atomic E-state index is -0.231. The maximum Gasteiger partial charge on any atom is 0.254 e. The van der Waals surface area contributed by atoms with Crippen LogP contribution in [0.3, 0.4) is 0 Å². The van der Waals surface area contributed by atoms with E-state index < -0.39 is 0 Å². The molecule has 1 saturated heterocycles. The highest BCUT2D eigenvalue weighted by Gasteiger charge is 2.31. The number of fused-ring (bicyclic) bond motifs is 2. The average molecular weight is 457 g/mol. The number of hydrogen-bond acceptors (Lipinski definition) is 4. The van der Waals surface area contributed by atoms with Gasteiger partial charge < -0.3 is 15.1 Å². The van der Waals surface area contributed by atoms with Crippen molar-refractivity contribution < 1.29 is 14.4 Å². The molecule has 3 aromatic carbocycles. The van der Waals surface area contributed by atoms with Gasteiger partial charge in [0.1, 0.15) is 0 Å². The summed E-state index contributed by atoms with van der Waals surface area (Å²) >= 11 is 0. The third kappa shape index (κ3) is 4.26. The molecule has 1 fully saturated rings. The molecular weight excluding hydrogens is 428 g/mol. The van der Waals surface area contributed by atoms with Gasteiger partial charge >= 0.3 is 0 Å². The number of carbonyl (C=O) groups excluding carboxylic acids is 3. The molecule has 3 aromatic rings. The maximum absolute atomic E-state index is 13.3. The molecule has 7 heteroatoms. The molecule has 0 spiro atoms. The zero-order valence-corrected chi connectivity index (χ0v) is 19.2. The van der Waals surface area contributed by atoms with E-state index >= 15 is 0 Å². The van der Waals surface area contributed by atoms with Gasteiger partial charge in [-0.1, -0.05) is 48.5 Å². The van der Waals surface area contributed by atoms with Crippen LogP contribution in [0.15, 0.2) is 66.7 Å². The smallest absolute Gasteiger partial charge is 0.254 e. The van der Waals surface area contributed by atoms with E-state index in [-0.39, 0.29) is 36.7 Å². The molecule has 7 nitrogen and oxygen atoms in total. The standard InChI is InChI=1S/C27H28N4O3/c1-19-17-25(32)28-23-11-4-5-12-24(23)31(19)26(33)18-29-13-15-30(16-14-29)27(34)22-10-6-8-20-7-2-3-9-21(20)22/h2-12,19H,13-18H2,1H3,(H,28,32)/t19-/m0/s1. The van der Waals surface area contributed by atoms with Gasteiger partial charge in [0.05, 0.1) is 17.9 Å². The van der Waals surface area contributed by atoms with Crippen LogP contribution in [0.1, 0.15) is 23.7 Å². The first-order valence-corrected chi connectivity index (χ1v) is 11.7. The quantitative estimate of drug-likeness (QED) is 0.656. The molecule has 34 heavy (non-hydrogen) atoms. The molecule has 0 saturated carbocycles. The van der Waals surface area contributed by atoms with Crippen molar-refractivity contribution in [3.8, 4) is 0 Å². The Bertz CT molecular complexity index is 1240. The van der Waals surface area contributed by atoms with Gasteiger partial charge in [0.25, 0.3) is 5.91 Å². The van der Waals surface area contributed by atoms with Gasteiger partial charge in [-0.3, -0.25) is 19.3 Å². The lowest BCUT2D eigenvalue weighted by atomic mass is 10.0. The molecule has 0 bridgehead atoms. The minimum absolute atomic E-state index is 0.0300. The molecule has 0 unspecified atom stereocenters. The highest BCUT2D eigenvalue weighted by atomic mass is 16.2. The van der Waals surface area contributed by atoms with Crippen LogP contribution in [0.4, 0.5) is 11.4 Å². The van der Waals surface area contributed by atoms with Crippen LogP contribution < -0.4 is 10.2 Å². The molecule has 174 valence electrons. The van der Waals surface area contributed by atoms with Crippen molar-refractivity contribution in [2.45, 2.75) is 19.4 Å². The number of hydrogen-bond donors (Lipinski definition) is 1. The zero-order valence-electron chi connectivity index (χ0n) is 19.2. The summed E-state index contributed by atoms with van der Waals surface area (Å²) in [6.45, 7) is 4.55. The molecule has 2 aliphatic rings. The Hall–Kier alpha value is -3.71. The normalized spacial score (nSPS) is 18.9. The highest BCUT2D eigenvalue weighted by molar-refractivity contribution is 6.07. The Labute approximate surface area is 198 Å². The third-order valence-corrected chi connectivity index (χ3v) is 6.67. The number of amides is 3. The van der Waals surface area contributed by atoms with Crippen molar-refractivity contribution in [1.82, 2.24) is 9.80 Å². The van der Waals surface area contributed by atoms with E-state index in [1.54, 1.807) is 4.90 Å².